The Balaban J connectivity index is 2.38. The van der Waals surface area contributed by atoms with Crippen molar-refractivity contribution in [2.24, 2.45) is 5.73 Å². The van der Waals surface area contributed by atoms with Gasteiger partial charge < -0.3 is 16.0 Å². The second-order valence-corrected chi connectivity index (χ2v) is 5.30. The summed E-state index contributed by atoms with van der Waals surface area (Å²) in [7, 11) is 0. The quantitative estimate of drug-likeness (QED) is 0.896. The first kappa shape index (κ1) is 15.9. The monoisotopic (exact) mass is 321 g/mol. The molecule has 1 aliphatic rings. The van der Waals surface area contributed by atoms with Crippen molar-refractivity contribution in [2.75, 3.05) is 23.3 Å². The number of nitrogens with one attached hydrogen (secondary N) is 1. The molecule has 1 amide bonds. The molecule has 0 saturated carbocycles. The van der Waals surface area contributed by atoms with Gasteiger partial charge in [0.05, 0.1) is 10.7 Å². The molecule has 4 nitrogen and oxygen atoms in total. The number of hydrogen-bond donors (Lipinski definition) is 2. The van der Waals surface area contributed by atoms with Gasteiger partial charge in [0.15, 0.2) is 0 Å². The van der Waals surface area contributed by atoms with E-state index >= 15 is 0 Å². The third-order valence-corrected chi connectivity index (χ3v) is 3.50. The topological polar surface area (TPSA) is 58.4 Å². The number of alkyl halides is 3. The van der Waals surface area contributed by atoms with Crippen LogP contribution in [0.4, 0.5) is 24.5 Å². The summed E-state index contributed by atoms with van der Waals surface area (Å²) < 4.78 is 38.0. The van der Waals surface area contributed by atoms with Crippen LogP contribution in [-0.4, -0.2) is 25.2 Å². The molecule has 0 bridgehead atoms. The smallest absolute Gasteiger partial charge is 0.361 e. The molecule has 1 aromatic carbocycles. The van der Waals surface area contributed by atoms with E-state index in [1.54, 1.807) is 6.92 Å². The second-order valence-electron chi connectivity index (χ2n) is 4.89. The summed E-state index contributed by atoms with van der Waals surface area (Å²) in [6, 6.07) is 2.06. The summed E-state index contributed by atoms with van der Waals surface area (Å²) in [5.74, 6) is -0.393. The summed E-state index contributed by atoms with van der Waals surface area (Å²) >= 11 is 6.08. The highest BCUT2D eigenvalue weighted by molar-refractivity contribution is 6.33. The minimum Gasteiger partial charge on any atom is -0.361 e. The molecule has 2 rings (SSSR count). The molecule has 1 aromatic rings. The van der Waals surface area contributed by atoms with E-state index in [4.69, 9.17) is 17.3 Å². The molecule has 3 N–H and O–H groups in total. The summed E-state index contributed by atoms with van der Waals surface area (Å²) in [5, 5.41) is 2.70. The van der Waals surface area contributed by atoms with E-state index < -0.39 is 24.7 Å². The first-order valence-electron chi connectivity index (χ1n) is 6.44. The predicted octanol–water partition coefficient (Wildman–Crippen LogP) is 3.07. The van der Waals surface area contributed by atoms with Crippen LogP contribution in [0.1, 0.15) is 24.9 Å². The number of rotatable bonds is 4. The highest BCUT2D eigenvalue weighted by Gasteiger charge is 2.33. The Morgan fingerprint density at radius 1 is 1.43 bits per heavy atom. The molecule has 1 heterocycles. The Bertz CT molecular complexity index is 562. The first-order valence-corrected chi connectivity index (χ1v) is 6.82. The predicted molar refractivity (Wildman–Crippen MR) is 75.6 cm³/mol. The van der Waals surface area contributed by atoms with Crippen LogP contribution in [0.25, 0.3) is 0 Å². The number of hydrogen-bond acceptors (Lipinski definition) is 3. The Kier molecular flexibility index (Phi) is 4.34. The lowest BCUT2D eigenvalue weighted by molar-refractivity contribution is -0.120. The van der Waals surface area contributed by atoms with Crippen molar-refractivity contribution in [2.45, 2.75) is 25.6 Å². The van der Waals surface area contributed by atoms with Gasteiger partial charge in [0.1, 0.15) is 12.6 Å². The van der Waals surface area contributed by atoms with Crippen molar-refractivity contribution >= 4 is 28.9 Å². The van der Waals surface area contributed by atoms with Crippen LogP contribution in [0.15, 0.2) is 12.1 Å². The number of carbonyl (C=O) groups is 1. The number of amides is 1. The van der Waals surface area contributed by atoms with E-state index in [1.165, 1.54) is 12.1 Å². The second kappa shape index (κ2) is 5.73. The van der Waals surface area contributed by atoms with Crippen molar-refractivity contribution in [3.63, 3.8) is 0 Å². The fourth-order valence-electron chi connectivity index (χ4n) is 2.31. The summed E-state index contributed by atoms with van der Waals surface area (Å²) in [6.45, 7) is 0.889. The van der Waals surface area contributed by atoms with Crippen LogP contribution >= 0.6 is 11.6 Å². The van der Waals surface area contributed by atoms with Crippen LogP contribution < -0.4 is 16.0 Å². The molecule has 1 unspecified atom stereocenters. The number of benzene rings is 1. The molecular formula is C13H15ClF3N3O. The van der Waals surface area contributed by atoms with Crippen LogP contribution in [-0.2, 0) is 4.79 Å². The number of nitrogens with two attached hydrogens (primary N) is 1. The molecule has 1 aliphatic heterocycles. The van der Waals surface area contributed by atoms with Crippen LogP contribution in [0.5, 0.6) is 0 Å². The number of fused-ring (bicyclic) bond motifs is 1. The highest BCUT2D eigenvalue weighted by atomic mass is 35.5. The lowest BCUT2D eigenvalue weighted by Gasteiger charge is -2.27. The van der Waals surface area contributed by atoms with E-state index in [9.17, 15) is 18.0 Å². The normalized spacial score (nSPS) is 17.6. The van der Waals surface area contributed by atoms with Gasteiger partial charge in [-0.1, -0.05) is 18.5 Å². The molecule has 0 saturated heterocycles. The maximum absolute atomic E-state index is 12.7. The van der Waals surface area contributed by atoms with E-state index in [-0.39, 0.29) is 17.3 Å². The van der Waals surface area contributed by atoms with E-state index in [2.05, 4.69) is 5.32 Å². The third-order valence-electron chi connectivity index (χ3n) is 3.20. The Morgan fingerprint density at radius 3 is 2.67 bits per heavy atom. The maximum Gasteiger partial charge on any atom is 0.405 e. The lowest BCUT2D eigenvalue weighted by Crippen LogP contribution is -2.35. The van der Waals surface area contributed by atoms with Gasteiger partial charge in [-0.2, -0.15) is 13.2 Å². The fraction of sp³-hybridized carbons (Fsp3) is 0.462. The Hall–Kier alpha value is -1.47. The lowest BCUT2D eigenvalue weighted by atomic mass is 10.1. The first-order chi connectivity index (χ1) is 9.73. The van der Waals surface area contributed by atoms with Gasteiger partial charge in [0.2, 0.25) is 5.91 Å². The number of halogens is 4. The molecular weight excluding hydrogens is 307 g/mol. The number of nitrogens with zero attached hydrogens (tertiary/aromatic N) is 1. The largest absolute Gasteiger partial charge is 0.405 e. The van der Waals surface area contributed by atoms with E-state index in [0.29, 0.717) is 17.7 Å². The van der Waals surface area contributed by atoms with Gasteiger partial charge in [-0.25, -0.2) is 0 Å². The number of carbonyl (C=O) groups excluding carboxylic acids is 1. The van der Waals surface area contributed by atoms with Crippen molar-refractivity contribution in [1.29, 1.82) is 0 Å². The minimum atomic E-state index is -4.34. The fourth-order valence-corrected chi connectivity index (χ4v) is 2.60. The zero-order chi connectivity index (χ0) is 15.8. The summed E-state index contributed by atoms with van der Waals surface area (Å²) in [6.07, 6.45) is -3.80. The van der Waals surface area contributed by atoms with Crippen molar-refractivity contribution < 1.29 is 18.0 Å². The van der Waals surface area contributed by atoms with E-state index in [1.807, 2.05) is 0 Å². The molecule has 1 atom stereocenters. The van der Waals surface area contributed by atoms with Crippen molar-refractivity contribution in [3.8, 4) is 0 Å². The SMILES string of the molecule is CCCN(CC(F)(F)F)c1cc2c(cc1Cl)C(N)C(=O)N2. The van der Waals surface area contributed by atoms with E-state index in [0.717, 1.165) is 4.90 Å². The van der Waals surface area contributed by atoms with Gasteiger partial charge in [-0.05, 0) is 18.6 Å². The minimum absolute atomic E-state index is 0.151. The van der Waals surface area contributed by atoms with Crippen LogP contribution in [0.2, 0.25) is 5.02 Å². The summed E-state index contributed by atoms with van der Waals surface area (Å²) in [5.41, 5.74) is 6.83. The van der Waals surface area contributed by atoms with Gasteiger partial charge in [-0.15, -0.1) is 0 Å². The van der Waals surface area contributed by atoms with Crippen molar-refractivity contribution in [3.05, 3.63) is 22.7 Å². The highest BCUT2D eigenvalue weighted by Crippen LogP contribution is 2.38. The zero-order valence-electron chi connectivity index (χ0n) is 11.3. The molecule has 0 aliphatic carbocycles. The van der Waals surface area contributed by atoms with Crippen LogP contribution in [0, 0.1) is 0 Å². The average molecular weight is 322 g/mol. The van der Waals surface area contributed by atoms with Gasteiger partial charge in [0.25, 0.3) is 0 Å². The van der Waals surface area contributed by atoms with Crippen LogP contribution in [0.3, 0.4) is 0 Å². The molecule has 0 fully saturated rings. The summed E-state index contributed by atoms with van der Waals surface area (Å²) in [4.78, 5) is 12.7. The maximum atomic E-state index is 12.7. The number of anilines is 2. The Labute approximate surface area is 125 Å². The molecule has 116 valence electrons. The average Bonchev–Trinajstić information content (AvgIpc) is 2.63. The molecule has 0 radical (unpaired) electrons. The zero-order valence-corrected chi connectivity index (χ0v) is 12.1. The van der Waals surface area contributed by atoms with Gasteiger partial charge >= 0.3 is 6.18 Å². The molecule has 0 aromatic heterocycles. The Morgan fingerprint density at radius 2 is 2.10 bits per heavy atom. The van der Waals surface area contributed by atoms with Gasteiger partial charge in [-0.3, -0.25) is 4.79 Å². The molecule has 0 spiro atoms. The van der Waals surface area contributed by atoms with Gasteiger partial charge in [0, 0.05) is 17.8 Å². The molecule has 21 heavy (non-hydrogen) atoms. The third kappa shape index (κ3) is 3.41. The van der Waals surface area contributed by atoms with Crippen molar-refractivity contribution in [1.82, 2.24) is 0 Å². The molecule has 8 heteroatoms. The standard InChI is InChI=1S/C13H15ClF3N3O/c1-2-3-20(6-13(15,16)17)10-5-9-7(4-8(10)14)11(18)12(21)19-9/h4-5,11H,2-3,6,18H2,1H3,(H,19,21).